The van der Waals surface area contributed by atoms with Crippen molar-refractivity contribution >= 4 is 52.6 Å². The van der Waals surface area contributed by atoms with E-state index < -0.39 is 0 Å². The summed E-state index contributed by atoms with van der Waals surface area (Å²) in [6, 6.07) is 19.5. The highest BCUT2D eigenvalue weighted by Crippen LogP contribution is 2.42. The van der Waals surface area contributed by atoms with Crippen LogP contribution in [-0.2, 0) is 4.79 Å². The van der Waals surface area contributed by atoms with Crippen molar-refractivity contribution in [3.8, 4) is 0 Å². The number of likely N-dealkylation sites (N-methyl/N-ethyl adjacent to an activating group) is 1. The van der Waals surface area contributed by atoms with E-state index in [4.69, 9.17) is 11.6 Å². The van der Waals surface area contributed by atoms with Crippen LogP contribution in [0.1, 0.15) is 22.3 Å². The highest BCUT2D eigenvalue weighted by atomic mass is 35.5. The normalized spacial score (nSPS) is 16.9. The molecule has 1 fully saturated rings. The van der Waals surface area contributed by atoms with Crippen LogP contribution in [0.3, 0.4) is 0 Å². The summed E-state index contributed by atoms with van der Waals surface area (Å²) in [5, 5.41) is 3.63. The maximum absolute atomic E-state index is 13.2. The lowest BCUT2D eigenvalue weighted by Crippen LogP contribution is -2.47. The number of piperazine rings is 1. The summed E-state index contributed by atoms with van der Waals surface area (Å²) in [4.78, 5) is 33.6. The summed E-state index contributed by atoms with van der Waals surface area (Å²) in [5.41, 5.74) is 3.16. The molecule has 0 atom stereocenters. The highest BCUT2D eigenvalue weighted by molar-refractivity contribution is 8.04. The van der Waals surface area contributed by atoms with Crippen molar-refractivity contribution in [1.82, 2.24) is 10.2 Å². The van der Waals surface area contributed by atoms with E-state index in [1.54, 1.807) is 30.1 Å². The van der Waals surface area contributed by atoms with E-state index in [9.17, 15) is 14.0 Å². The first kappa shape index (κ1) is 27.2. The molecule has 1 N–H and O–H groups in total. The van der Waals surface area contributed by atoms with Crippen molar-refractivity contribution < 1.29 is 14.0 Å². The Kier molecular flexibility index (Phi) is 8.55. The molecule has 0 aromatic heterocycles. The lowest BCUT2D eigenvalue weighted by atomic mass is 10.1. The maximum Gasteiger partial charge on any atom is 0.264 e. The number of nitrogens with zero attached hydrogens (tertiary/aromatic N) is 3. The van der Waals surface area contributed by atoms with Crippen molar-refractivity contribution in [3.63, 3.8) is 0 Å². The molecule has 1 saturated heterocycles. The summed E-state index contributed by atoms with van der Waals surface area (Å²) in [7, 11) is 1.73. The molecule has 0 unspecified atom stereocenters. The molecule has 2 heterocycles. The molecule has 3 aromatic rings. The van der Waals surface area contributed by atoms with Gasteiger partial charge >= 0.3 is 0 Å². The third-order valence-electron chi connectivity index (χ3n) is 6.96. The molecule has 6 nitrogen and oxygen atoms in total. The Bertz CT molecular complexity index is 1390. The van der Waals surface area contributed by atoms with Crippen LogP contribution >= 0.6 is 23.4 Å². The first-order valence-corrected chi connectivity index (χ1v) is 14.1. The van der Waals surface area contributed by atoms with Gasteiger partial charge in [-0.3, -0.25) is 14.5 Å². The summed E-state index contributed by atoms with van der Waals surface area (Å²) in [6.45, 7) is 5.13. The molecule has 2 aliphatic rings. The number of carbonyl (C=O) groups is 2. The Hall–Kier alpha value is -3.33. The van der Waals surface area contributed by atoms with E-state index in [1.807, 2.05) is 42.5 Å². The van der Waals surface area contributed by atoms with Gasteiger partial charge in [-0.2, -0.15) is 0 Å². The van der Waals surface area contributed by atoms with Gasteiger partial charge in [-0.1, -0.05) is 35.5 Å². The Balaban J connectivity index is 1.11. The summed E-state index contributed by atoms with van der Waals surface area (Å²) < 4.78 is 13.2. The maximum atomic E-state index is 13.2. The van der Waals surface area contributed by atoms with Gasteiger partial charge in [-0.15, -0.1) is 0 Å². The number of fused-ring (bicyclic) bond motifs is 1. The van der Waals surface area contributed by atoms with Crippen LogP contribution in [0.5, 0.6) is 0 Å². The van der Waals surface area contributed by atoms with Crippen LogP contribution in [0, 0.1) is 5.82 Å². The molecule has 202 valence electrons. The predicted octanol–water partition coefficient (Wildman–Crippen LogP) is 5.53. The number of hydrogen-bond donors (Lipinski definition) is 1. The Morgan fingerprint density at radius 3 is 2.56 bits per heavy atom. The van der Waals surface area contributed by atoms with Crippen molar-refractivity contribution in [2.45, 2.75) is 11.3 Å². The Morgan fingerprint density at radius 1 is 1.05 bits per heavy atom. The highest BCUT2D eigenvalue weighted by Gasteiger charge is 2.27. The SMILES string of the molecule is CN1C(=O)/C(=C/c2cccc(Cl)c2)Sc2ccc(C(=O)NCCCN3CCN(c4ccc(F)cc4)CC3)cc21. The number of halogens is 2. The van der Waals surface area contributed by atoms with Crippen molar-refractivity contribution in [2.75, 3.05) is 56.1 Å². The lowest BCUT2D eigenvalue weighted by molar-refractivity contribution is -0.114. The van der Waals surface area contributed by atoms with Crippen LogP contribution in [0.4, 0.5) is 15.8 Å². The summed E-state index contributed by atoms with van der Waals surface area (Å²) in [6.07, 6.45) is 2.68. The second kappa shape index (κ2) is 12.2. The minimum atomic E-state index is -0.217. The molecular formula is C30H30ClFN4O2S. The zero-order valence-electron chi connectivity index (χ0n) is 21.7. The minimum absolute atomic E-state index is 0.121. The van der Waals surface area contributed by atoms with E-state index in [1.165, 1.54) is 23.9 Å². The molecular weight excluding hydrogens is 535 g/mol. The topological polar surface area (TPSA) is 55.9 Å². The molecule has 0 saturated carbocycles. The largest absolute Gasteiger partial charge is 0.369 e. The predicted molar refractivity (Wildman–Crippen MR) is 157 cm³/mol. The van der Waals surface area contributed by atoms with E-state index in [-0.39, 0.29) is 17.6 Å². The van der Waals surface area contributed by atoms with Crippen molar-refractivity contribution in [2.24, 2.45) is 0 Å². The fourth-order valence-electron chi connectivity index (χ4n) is 4.77. The molecule has 5 rings (SSSR count). The number of carbonyl (C=O) groups excluding carboxylic acids is 2. The number of nitrogens with one attached hydrogen (secondary N) is 1. The van der Waals surface area contributed by atoms with Gasteiger partial charge in [0.05, 0.1) is 10.6 Å². The third kappa shape index (κ3) is 6.64. The smallest absolute Gasteiger partial charge is 0.264 e. The standard InChI is InChI=1S/C30H30ClFN4O2S/c1-34-26-20-22(6-11-27(26)39-28(30(34)38)19-21-4-2-5-23(31)18-21)29(37)33-12-3-13-35-14-16-36(17-15-35)25-9-7-24(32)8-10-25/h2,4-11,18-20H,3,12-17H2,1H3,(H,33,37)/b28-19-. The number of amides is 2. The molecule has 2 amide bonds. The first-order chi connectivity index (χ1) is 18.9. The van der Waals surface area contributed by atoms with Crippen molar-refractivity contribution in [3.05, 3.63) is 93.6 Å². The van der Waals surface area contributed by atoms with Gasteiger partial charge in [0.25, 0.3) is 11.8 Å². The molecule has 0 bridgehead atoms. The Morgan fingerprint density at radius 2 is 1.82 bits per heavy atom. The summed E-state index contributed by atoms with van der Waals surface area (Å²) >= 11 is 7.48. The molecule has 0 spiro atoms. The minimum Gasteiger partial charge on any atom is -0.369 e. The van der Waals surface area contributed by atoms with Gasteiger partial charge in [0.15, 0.2) is 0 Å². The lowest BCUT2D eigenvalue weighted by Gasteiger charge is -2.36. The Labute approximate surface area is 237 Å². The number of hydrogen-bond acceptors (Lipinski definition) is 5. The van der Waals surface area contributed by atoms with Crippen LogP contribution in [-0.4, -0.2) is 63.0 Å². The average Bonchev–Trinajstić information content (AvgIpc) is 2.94. The van der Waals surface area contributed by atoms with Crippen molar-refractivity contribution in [1.29, 1.82) is 0 Å². The van der Waals surface area contributed by atoms with Gasteiger partial charge < -0.3 is 15.1 Å². The molecule has 2 aliphatic heterocycles. The second-order valence-corrected chi connectivity index (χ2v) is 11.1. The van der Waals surface area contributed by atoms with E-state index in [2.05, 4.69) is 15.1 Å². The molecule has 39 heavy (non-hydrogen) atoms. The zero-order chi connectivity index (χ0) is 27.4. The number of benzene rings is 3. The van der Waals surface area contributed by atoms with Crippen LogP contribution in [0.25, 0.3) is 6.08 Å². The van der Waals surface area contributed by atoms with Crippen LogP contribution in [0.15, 0.2) is 76.5 Å². The average molecular weight is 565 g/mol. The van der Waals surface area contributed by atoms with Gasteiger partial charge in [0.2, 0.25) is 0 Å². The third-order valence-corrected chi connectivity index (χ3v) is 8.28. The number of thioether (sulfide) groups is 1. The van der Waals surface area contributed by atoms with E-state index >= 15 is 0 Å². The monoisotopic (exact) mass is 564 g/mol. The fraction of sp³-hybridized carbons (Fsp3) is 0.267. The quantitative estimate of drug-likeness (QED) is 0.302. The number of rotatable bonds is 7. The van der Waals surface area contributed by atoms with Gasteiger partial charge in [0, 0.05) is 60.9 Å². The van der Waals surface area contributed by atoms with E-state index in [0.29, 0.717) is 22.0 Å². The second-order valence-electron chi connectivity index (χ2n) is 9.63. The first-order valence-electron chi connectivity index (χ1n) is 13.0. The van der Waals surface area contributed by atoms with Gasteiger partial charge in [-0.05, 0) is 79.2 Å². The van der Waals surface area contributed by atoms with Gasteiger partial charge in [0.1, 0.15) is 5.82 Å². The summed E-state index contributed by atoms with van der Waals surface area (Å²) in [5.74, 6) is -0.486. The van der Waals surface area contributed by atoms with E-state index in [0.717, 1.165) is 61.0 Å². The van der Waals surface area contributed by atoms with Gasteiger partial charge in [-0.25, -0.2) is 4.39 Å². The van der Waals surface area contributed by atoms with Crippen LogP contribution in [0.2, 0.25) is 5.02 Å². The molecule has 3 aromatic carbocycles. The molecule has 0 radical (unpaired) electrons. The molecule has 0 aliphatic carbocycles. The fourth-order valence-corrected chi connectivity index (χ4v) is 6.06. The zero-order valence-corrected chi connectivity index (χ0v) is 23.3. The van der Waals surface area contributed by atoms with Crippen LogP contribution < -0.4 is 15.1 Å². The number of anilines is 2. The molecule has 9 heteroatoms.